The second-order valence-electron chi connectivity index (χ2n) is 6.58. The number of benzene rings is 1. The summed E-state index contributed by atoms with van der Waals surface area (Å²) >= 11 is 3.28. The predicted octanol–water partition coefficient (Wildman–Crippen LogP) is 3.63. The van der Waals surface area contributed by atoms with Crippen molar-refractivity contribution in [3.05, 3.63) is 40.0 Å². The molecule has 0 spiro atoms. The molecular formula is C17H17BrF3N3O2. The number of alkyl halides is 3. The van der Waals surface area contributed by atoms with Gasteiger partial charge in [-0.05, 0) is 37.0 Å². The number of fused-ring (bicyclic) bond motifs is 3. The highest BCUT2D eigenvalue weighted by Crippen LogP contribution is 2.43. The van der Waals surface area contributed by atoms with E-state index in [-0.39, 0.29) is 11.9 Å². The van der Waals surface area contributed by atoms with Crippen molar-refractivity contribution in [3.8, 4) is 0 Å². The van der Waals surface area contributed by atoms with Gasteiger partial charge in [0.15, 0.2) is 0 Å². The molecule has 26 heavy (non-hydrogen) atoms. The maximum atomic E-state index is 13.0. The molecule has 0 aliphatic carbocycles. The number of hydrazine groups is 1. The monoisotopic (exact) mass is 431 g/mol. The number of nitrogens with one attached hydrogen (secondary N) is 1. The van der Waals surface area contributed by atoms with Gasteiger partial charge in [0.25, 0.3) is 5.91 Å². The van der Waals surface area contributed by atoms with E-state index in [0.717, 1.165) is 24.2 Å². The van der Waals surface area contributed by atoms with Crippen LogP contribution in [0.15, 0.2) is 34.4 Å². The Morgan fingerprint density at radius 2 is 2.12 bits per heavy atom. The maximum absolute atomic E-state index is 13.0. The van der Waals surface area contributed by atoms with Gasteiger partial charge in [-0.2, -0.15) is 13.2 Å². The standard InChI is InChI=1S/C17H17BrF3N3O2/c18-10-4-5-11-13(7-10)23(9-17(19,20)21)16(25)12-8-24(22-15(11)12)14-3-1-2-6-26-14/h4-5,7-8,14-15,22H,1-3,6,9H2. The van der Waals surface area contributed by atoms with E-state index in [1.165, 1.54) is 0 Å². The average Bonchev–Trinajstić information content (AvgIpc) is 3.04. The lowest BCUT2D eigenvalue weighted by Crippen LogP contribution is -2.46. The molecule has 0 aromatic heterocycles. The minimum absolute atomic E-state index is 0.218. The lowest BCUT2D eigenvalue weighted by Gasteiger charge is -2.35. The van der Waals surface area contributed by atoms with Crippen LogP contribution in [0, 0.1) is 0 Å². The van der Waals surface area contributed by atoms with Crippen molar-refractivity contribution >= 4 is 27.5 Å². The van der Waals surface area contributed by atoms with Gasteiger partial charge >= 0.3 is 6.18 Å². The van der Waals surface area contributed by atoms with Gasteiger partial charge in [0.05, 0.1) is 17.3 Å². The first-order chi connectivity index (χ1) is 12.3. The highest BCUT2D eigenvalue weighted by atomic mass is 79.9. The lowest BCUT2D eigenvalue weighted by molar-refractivity contribution is -0.130. The molecule has 0 bridgehead atoms. The third-order valence-corrected chi connectivity index (χ3v) is 5.25. The molecule has 1 aromatic rings. The fraction of sp³-hybridized carbons (Fsp3) is 0.471. The SMILES string of the molecule is O=C1C2=CN(C3CCCCO3)NC2c2ccc(Br)cc2N1CC(F)(F)F. The van der Waals surface area contributed by atoms with Gasteiger partial charge in [0, 0.05) is 17.3 Å². The second-order valence-corrected chi connectivity index (χ2v) is 7.50. The quantitative estimate of drug-likeness (QED) is 0.776. The van der Waals surface area contributed by atoms with Crippen molar-refractivity contribution in [2.45, 2.75) is 37.7 Å². The van der Waals surface area contributed by atoms with Crippen LogP contribution in [-0.4, -0.2) is 36.5 Å². The zero-order chi connectivity index (χ0) is 18.5. The molecule has 0 saturated carbocycles. The van der Waals surface area contributed by atoms with E-state index in [1.54, 1.807) is 29.4 Å². The van der Waals surface area contributed by atoms with Gasteiger partial charge in [-0.1, -0.05) is 22.0 Å². The van der Waals surface area contributed by atoms with Gasteiger partial charge in [-0.15, -0.1) is 0 Å². The van der Waals surface area contributed by atoms with Gasteiger partial charge < -0.3 is 4.74 Å². The number of hydrogen-bond acceptors (Lipinski definition) is 4. The number of nitrogens with zero attached hydrogens (tertiary/aromatic N) is 2. The number of rotatable bonds is 2. The molecule has 5 nitrogen and oxygen atoms in total. The molecule has 9 heteroatoms. The van der Waals surface area contributed by atoms with Crippen molar-refractivity contribution in [1.29, 1.82) is 0 Å². The van der Waals surface area contributed by atoms with Crippen molar-refractivity contribution < 1.29 is 22.7 Å². The summed E-state index contributed by atoms with van der Waals surface area (Å²) in [7, 11) is 0. The van der Waals surface area contributed by atoms with Crippen LogP contribution in [0.4, 0.5) is 18.9 Å². The summed E-state index contributed by atoms with van der Waals surface area (Å²) in [5.74, 6) is -0.635. The van der Waals surface area contributed by atoms with E-state index in [0.29, 0.717) is 22.2 Å². The molecule has 0 radical (unpaired) electrons. The zero-order valence-electron chi connectivity index (χ0n) is 13.7. The van der Waals surface area contributed by atoms with Crippen molar-refractivity contribution in [3.63, 3.8) is 0 Å². The van der Waals surface area contributed by atoms with Crippen LogP contribution >= 0.6 is 15.9 Å². The summed E-state index contributed by atoms with van der Waals surface area (Å²) in [5, 5.41) is 1.72. The number of carbonyl (C=O) groups excluding carboxylic acids is 1. The number of carbonyl (C=O) groups is 1. The van der Waals surface area contributed by atoms with Gasteiger partial charge in [0.1, 0.15) is 12.8 Å². The molecule has 3 aliphatic rings. The van der Waals surface area contributed by atoms with E-state index >= 15 is 0 Å². The van der Waals surface area contributed by atoms with Crippen LogP contribution < -0.4 is 10.3 Å². The number of ether oxygens (including phenoxy) is 1. The molecule has 1 N–H and O–H groups in total. The third-order valence-electron chi connectivity index (χ3n) is 4.76. The summed E-state index contributed by atoms with van der Waals surface area (Å²) in [4.78, 5) is 13.6. The second kappa shape index (κ2) is 6.54. The molecule has 1 fully saturated rings. The van der Waals surface area contributed by atoms with E-state index in [9.17, 15) is 18.0 Å². The molecule has 2 unspecified atom stereocenters. The summed E-state index contributed by atoms with van der Waals surface area (Å²) in [6.07, 6.45) is -0.312. The molecule has 1 aromatic carbocycles. The number of hydrogen-bond donors (Lipinski definition) is 1. The molecule has 3 aliphatic heterocycles. The fourth-order valence-corrected chi connectivity index (χ4v) is 3.95. The van der Waals surface area contributed by atoms with Gasteiger partial charge in [-0.25, -0.2) is 5.43 Å². The van der Waals surface area contributed by atoms with E-state index < -0.39 is 24.7 Å². The van der Waals surface area contributed by atoms with Crippen LogP contribution in [0.2, 0.25) is 0 Å². The van der Waals surface area contributed by atoms with Gasteiger partial charge in [0.2, 0.25) is 0 Å². The van der Waals surface area contributed by atoms with Crippen molar-refractivity contribution in [1.82, 2.24) is 10.4 Å². The predicted molar refractivity (Wildman–Crippen MR) is 91.9 cm³/mol. The lowest BCUT2D eigenvalue weighted by atomic mass is 9.93. The Labute approximate surface area is 156 Å². The van der Waals surface area contributed by atoms with Gasteiger partial charge in [-0.3, -0.25) is 14.7 Å². The van der Waals surface area contributed by atoms with Crippen LogP contribution in [0.25, 0.3) is 0 Å². The smallest absolute Gasteiger partial charge is 0.357 e. The molecule has 140 valence electrons. The average molecular weight is 432 g/mol. The molecule has 3 heterocycles. The minimum atomic E-state index is -4.49. The summed E-state index contributed by atoms with van der Waals surface area (Å²) in [6, 6.07) is 4.59. The fourth-order valence-electron chi connectivity index (χ4n) is 3.60. The number of halogens is 4. The van der Waals surface area contributed by atoms with Crippen molar-refractivity contribution in [2.75, 3.05) is 18.1 Å². The first-order valence-electron chi connectivity index (χ1n) is 8.39. The number of amides is 1. The Bertz CT molecular complexity index is 762. The van der Waals surface area contributed by atoms with Crippen LogP contribution in [0.5, 0.6) is 0 Å². The minimum Gasteiger partial charge on any atom is -0.357 e. The maximum Gasteiger partial charge on any atom is 0.406 e. The Kier molecular flexibility index (Phi) is 4.48. The summed E-state index contributed by atoms with van der Waals surface area (Å²) in [6.45, 7) is -0.687. The Hall–Kier alpha value is -1.58. The summed E-state index contributed by atoms with van der Waals surface area (Å²) < 4.78 is 45.5. The van der Waals surface area contributed by atoms with Crippen LogP contribution in [0.3, 0.4) is 0 Å². The molecule has 1 amide bonds. The van der Waals surface area contributed by atoms with E-state index in [4.69, 9.17) is 4.74 Å². The normalized spacial score (nSPS) is 25.8. The van der Waals surface area contributed by atoms with E-state index in [1.807, 2.05) is 0 Å². The topological polar surface area (TPSA) is 44.8 Å². The summed E-state index contributed by atoms with van der Waals surface area (Å²) in [5.41, 5.74) is 4.43. The first-order valence-corrected chi connectivity index (χ1v) is 9.19. The molecular weight excluding hydrogens is 415 g/mol. The zero-order valence-corrected chi connectivity index (χ0v) is 15.3. The molecule has 4 rings (SSSR count). The first kappa shape index (κ1) is 17.8. The highest BCUT2D eigenvalue weighted by molar-refractivity contribution is 9.10. The third kappa shape index (κ3) is 3.23. The Balaban J connectivity index is 1.71. The van der Waals surface area contributed by atoms with Crippen LogP contribution in [-0.2, 0) is 9.53 Å². The Morgan fingerprint density at radius 3 is 2.81 bits per heavy atom. The van der Waals surface area contributed by atoms with E-state index in [2.05, 4.69) is 21.4 Å². The molecule has 1 saturated heterocycles. The Morgan fingerprint density at radius 1 is 1.31 bits per heavy atom. The van der Waals surface area contributed by atoms with Crippen molar-refractivity contribution in [2.24, 2.45) is 0 Å². The highest BCUT2D eigenvalue weighted by Gasteiger charge is 2.45. The van der Waals surface area contributed by atoms with Crippen LogP contribution in [0.1, 0.15) is 30.9 Å². The molecule has 2 atom stereocenters. The largest absolute Gasteiger partial charge is 0.406 e. The number of anilines is 1.